The number of rotatable bonds is 5. The zero-order valence-electron chi connectivity index (χ0n) is 11.6. The van der Waals surface area contributed by atoms with Crippen molar-refractivity contribution in [1.82, 2.24) is 5.43 Å². The molecule has 0 bridgehead atoms. The van der Waals surface area contributed by atoms with Gasteiger partial charge in [0.25, 0.3) is 0 Å². The first kappa shape index (κ1) is 14.6. The molecule has 18 heavy (non-hydrogen) atoms. The van der Waals surface area contributed by atoms with Crippen molar-refractivity contribution in [2.75, 3.05) is 18.1 Å². The van der Waals surface area contributed by atoms with Crippen LogP contribution in [0.1, 0.15) is 51.9 Å². The average Bonchev–Trinajstić information content (AvgIpc) is 2.41. The largest absolute Gasteiger partial charge is 0.375 e. The quantitative estimate of drug-likeness (QED) is 0.597. The van der Waals surface area contributed by atoms with Gasteiger partial charge in [-0.1, -0.05) is 19.8 Å². The SMILES string of the molecule is CCCCC(NN)C1CCOC2(CCSCC2)C1. The summed E-state index contributed by atoms with van der Waals surface area (Å²) in [7, 11) is 0. The molecule has 0 aromatic heterocycles. The molecule has 0 radical (unpaired) electrons. The maximum Gasteiger partial charge on any atom is 0.0701 e. The van der Waals surface area contributed by atoms with Crippen molar-refractivity contribution in [2.24, 2.45) is 11.8 Å². The fraction of sp³-hybridized carbons (Fsp3) is 1.00. The molecule has 2 aliphatic heterocycles. The Balaban J connectivity index is 1.91. The molecule has 2 unspecified atom stereocenters. The Morgan fingerprint density at radius 2 is 2.22 bits per heavy atom. The summed E-state index contributed by atoms with van der Waals surface area (Å²) in [4.78, 5) is 0. The molecule has 2 saturated heterocycles. The summed E-state index contributed by atoms with van der Waals surface area (Å²) < 4.78 is 6.15. The van der Waals surface area contributed by atoms with Crippen molar-refractivity contribution in [3.8, 4) is 0 Å². The predicted octanol–water partition coefficient (Wildman–Crippen LogP) is 2.70. The van der Waals surface area contributed by atoms with Crippen LogP contribution in [0.5, 0.6) is 0 Å². The number of unbranched alkanes of at least 4 members (excludes halogenated alkanes) is 1. The third-order valence-corrected chi connectivity index (χ3v) is 5.57. The second kappa shape index (κ2) is 7.13. The predicted molar refractivity (Wildman–Crippen MR) is 78.6 cm³/mol. The van der Waals surface area contributed by atoms with Gasteiger partial charge in [0, 0.05) is 12.6 Å². The van der Waals surface area contributed by atoms with Gasteiger partial charge in [-0.05, 0) is 49.5 Å². The second-order valence-electron chi connectivity index (χ2n) is 5.81. The van der Waals surface area contributed by atoms with Crippen molar-refractivity contribution in [1.29, 1.82) is 0 Å². The zero-order chi connectivity index (χ0) is 12.8. The van der Waals surface area contributed by atoms with Crippen LogP contribution >= 0.6 is 11.8 Å². The van der Waals surface area contributed by atoms with Crippen molar-refractivity contribution < 1.29 is 4.74 Å². The van der Waals surface area contributed by atoms with Crippen LogP contribution in [0.4, 0.5) is 0 Å². The highest BCUT2D eigenvalue weighted by atomic mass is 32.2. The zero-order valence-corrected chi connectivity index (χ0v) is 12.4. The first-order valence-corrected chi connectivity index (χ1v) is 8.63. The van der Waals surface area contributed by atoms with Crippen LogP contribution in [-0.4, -0.2) is 29.8 Å². The molecule has 4 heteroatoms. The highest BCUT2D eigenvalue weighted by Gasteiger charge is 2.40. The molecule has 0 saturated carbocycles. The van der Waals surface area contributed by atoms with Crippen LogP contribution in [-0.2, 0) is 4.74 Å². The molecule has 2 heterocycles. The lowest BCUT2D eigenvalue weighted by Crippen LogP contribution is -2.50. The third kappa shape index (κ3) is 3.62. The number of hydrogen-bond donors (Lipinski definition) is 2. The number of hydrogen-bond acceptors (Lipinski definition) is 4. The molecule has 3 nitrogen and oxygen atoms in total. The summed E-state index contributed by atoms with van der Waals surface area (Å²) >= 11 is 2.07. The number of thioether (sulfide) groups is 1. The molecule has 2 rings (SSSR count). The van der Waals surface area contributed by atoms with E-state index in [2.05, 4.69) is 24.1 Å². The van der Waals surface area contributed by atoms with Gasteiger partial charge in [0.15, 0.2) is 0 Å². The molecule has 2 atom stereocenters. The van der Waals surface area contributed by atoms with Gasteiger partial charge in [0.05, 0.1) is 5.60 Å². The van der Waals surface area contributed by atoms with Crippen molar-refractivity contribution in [3.63, 3.8) is 0 Å². The topological polar surface area (TPSA) is 47.3 Å². The van der Waals surface area contributed by atoms with E-state index in [1.54, 1.807) is 0 Å². The van der Waals surface area contributed by atoms with E-state index in [-0.39, 0.29) is 5.60 Å². The van der Waals surface area contributed by atoms with Gasteiger partial charge in [-0.3, -0.25) is 11.3 Å². The van der Waals surface area contributed by atoms with E-state index in [0.29, 0.717) is 12.0 Å². The summed E-state index contributed by atoms with van der Waals surface area (Å²) in [6.45, 7) is 3.18. The Labute approximate surface area is 116 Å². The molecule has 2 fully saturated rings. The van der Waals surface area contributed by atoms with Gasteiger partial charge in [0.1, 0.15) is 0 Å². The lowest BCUT2D eigenvalue weighted by Gasteiger charge is -2.45. The molecule has 0 aromatic carbocycles. The minimum Gasteiger partial charge on any atom is -0.375 e. The second-order valence-corrected chi connectivity index (χ2v) is 7.04. The Hall–Kier alpha value is 0.230. The Morgan fingerprint density at radius 3 is 2.89 bits per heavy atom. The van der Waals surface area contributed by atoms with E-state index in [4.69, 9.17) is 10.6 Å². The van der Waals surface area contributed by atoms with Gasteiger partial charge in [-0.25, -0.2) is 0 Å². The summed E-state index contributed by atoms with van der Waals surface area (Å²) in [5.41, 5.74) is 3.26. The van der Waals surface area contributed by atoms with Crippen LogP contribution in [0, 0.1) is 5.92 Å². The van der Waals surface area contributed by atoms with E-state index in [1.165, 1.54) is 56.5 Å². The Kier molecular flexibility index (Phi) is 5.80. The molecular weight excluding hydrogens is 244 g/mol. The van der Waals surface area contributed by atoms with E-state index < -0.39 is 0 Å². The lowest BCUT2D eigenvalue weighted by molar-refractivity contribution is -0.107. The first-order valence-electron chi connectivity index (χ1n) is 7.47. The van der Waals surface area contributed by atoms with Gasteiger partial charge in [-0.2, -0.15) is 11.8 Å². The van der Waals surface area contributed by atoms with Crippen LogP contribution in [0.2, 0.25) is 0 Å². The summed E-state index contributed by atoms with van der Waals surface area (Å²) in [5, 5.41) is 0. The molecule has 106 valence electrons. The summed E-state index contributed by atoms with van der Waals surface area (Å²) in [6.07, 6.45) is 8.60. The molecular formula is C14H28N2OS. The Bertz CT molecular complexity index is 238. The number of ether oxygens (including phenoxy) is 1. The number of nitrogens with two attached hydrogens (primary N) is 1. The maximum absolute atomic E-state index is 6.15. The molecule has 3 N–H and O–H groups in total. The first-order chi connectivity index (χ1) is 8.79. The third-order valence-electron chi connectivity index (χ3n) is 4.59. The van der Waals surface area contributed by atoms with E-state index in [1.807, 2.05) is 0 Å². The molecule has 0 amide bonds. The minimum absolute atomic E-state index is 0.190. The normalized spacial score (nSPS) is 29.3. The maximum atomic E-state index is 6.15. The van der Waals surface area contributed by atoms with Crippen molar-refractivity contribution in [2.45, 2.75) is 63.5 Å². The van der Waals surface area contributed by atoms with Gasteiger partial charge >= 0.3 is 0 Å². The standard InChI is InChI=1S/C14H28N2OS/c1-2-3-4-13(16-15)12-5-8-17-14(11-12)6-9-18-10-7-14/h12-13,16H,2-11,15H2,1H3. The summed E-state index contributed by atoms with van der Waals surface area (Å²) in [5.74, 6) is 9.01. The van der Waals surface area contributed by atoms with Gasteiger partial charge < -0.3 is 4.74 Å². The summed E-state index contributed by atoms with van der Waals surface area (Å²) in [6, 6.07) is 0.486. The number of hydrazine groups is 1. The van der Waals surface area contributed by atoms with Crippen LogP contribution < -0.4 is 11.3 Å². The van der Waals surface area contributed by atoms with Crippen LogP contribution in [0.3, 0.4) is 0 Å². The highest BCUT2D eigenvalue weighted by Crippen LogP contribution is 2.41. The molecule has 0 aliphatic carbocycles. The molecule has 1 spiro atoms. The van der Waals surface area contributed by atoms with E-state index in [0.717, 1.165) is 6.61 Å². The lowest BCUT2D eigenvalue weighted by atomic mass is 9.77. The van der Waals surface area contributed by atoms with Crippen molar-refractivity contribution >= 4 is 11.8 Å². The smallest absolute Gasteiger partial charge is 0.0701 e. The fourth-order valence-corrected chi connectivity index (χ4v) is 4.62. The van der Waals surface area contributed by atoms with E-state index >= 15 is 0 Å². The van der Waals surface area contributed by atoms with Gasteiger partial charge in [0.2, 0.25) is 0 Å². The van der Waals surface area contributed by atoms with Crippen LogP contribution in [0.25, 0.3) is 0 Å². The fourth-order valence-electron chi connectivity index (χ4n) is 3.38. The number of nitrogens with one attached hydrogen (secondary N) is 1. The monoisotopic (exact) mass is 272 g/mol. The molecule has 2 aliphatic rings. The van der Waals surface area contributed by atoms with Crippen LogP contribution in [0.15, 0.2) is 0 Å². The van der Waals surface area contributed by atoms with Gasteiger partial charge in [-0.15, -0.1) is 0 Å². The molecule has 0 aromatic rings. The Morgan fingerprint density at radius 1 is 1.44 bits per heavy atom. The van der Waals surface area contributed by atoms with E-state index in [9.17, 15) is 0 Å². The average molecular weight is 272 g/mol. The highest BCUT2D eigenvalue weighted by molar-refractivity contribution is 7.99. The van der Waals surface area contributed by atoms with Crippen molar-refractivity contribution in [3.05, 3.63) is 0 Å². The minimum atomic E-state index is 0.190.